The van der Waals surface area contributed by atoms with Crippen molar-refractivity contribution in [3.05, 3.63) is 69.0 Å². The van der Waals surface area contributed by atoms with Gasteiger partial charge in [-0.15, -0.1) is 11.3 Å². The van der Waals surface area contributed by atoms with Crippen LogP contribution in [0, 0.1) is 13.8 Å². The number of carbonyl (C=O) groups is 1. The number of nitrogen functional groups attached to an aromatic ring is 1. The number of benzene rings is 2. The summed E-state index contributed by atoms with van der Waals surface area (Å²) in [5, 5.41) is 3.14. The third kappa shape index (κ3) is 3.32. The fourth-order valence-electron chi connectivity index (χ4n) is 2.51. The molecule has 0 unspecified atom stereocenters. The average Bonchev–Trinajstić information content (AvgIpc) is 3.01. The van der Waals surface area contributed by atoms with Crippen molar-refractivity contribution in [2.45, 2.75) is 20.3 Å². The Hall–Kier alpha value is -2.46. The fraction of sp³-hybridized carbons (Fsp3) is 0.158. The molecule has 23 heavy (non-hydrogen) atoms. The van der Waals surface area contributed by atoms with Gasteiger partial charge in [-0.2, -0.15) is 0 Å². The summed E-state index contributed by atoms with van der Waals surface area (Å²) in [6.45, 7) is 4.11. The summed E-state index contributed by atoms with van der Waals surface area (Å²) in [5.74, 6) is 0. The van der Waals surface area contributed by atoms with Gasteiger partial charge < -0.3 is 5.73 Å². The number of rotatable bonds is 4. The molecule has 2 N–H and O–H groups in total. The van der Waals surface area contributed by atoms with Gasteiger partial charge >= 0.3 is 0 Å². The van der Waals surface area contributed by atoms with Gasteiger partial charge in [0.25, 0.3) is 0 Å². The number of aromatic nitrogens is 1. The second-order valence-electron chi connectivity index (χ2n) is 5.68. The first-order valence-electron chi connectivity index (χ1n) is 7.42. The normalized spacial score (nSPS) is 10.7. The first-order chi connectivity index (χ1) is 11.1. The SMILES string of the molecule is Cc1cc(Cc2nc(-c3ccc(C=O)cc3)cs2)c(C)cc1N. The second kappa shape index (κ2) is 6.34. The molecular formula is C19H18N2OS. The van der Waals surface area contributed by atoms with Gasteiger partial charge in [0.2, 0.25) is 0 Å². The molecule has 3 nitrogen and oxygen atoms in total. The van der Waals surface area contributed by atoms with Gasteiger partial charge in [0.15, 0.2) is 0 Å². The van der Waals surface area contributed by atoms with Crippen molar-refractivity contribution in [2.24, 2.45) is 0 Å². The first-order valence-corrected chi connectivity index (χ1v) is 8.30. The first kappa shape index (κ1) is 15.4. The lowest BCUT2D eigenvalue weighted by Crippen LogP contribution is -1.97. The quantitative estimate of drug-likeness (QED) is 0.571. The third-order valence-electron chi connectivity index (χ3n) is 3.96. The number of nitrogens with two attached hydrogens (primary N) is 1. The van der Waals surface area contributed by atoms with Crippen LogP contribution in [0.25, 0.3) is 11.3 Å². The number of aldehydes is 1. The number of aryl methyl sites for hydroxylation is 2. The van der Waals surface area contributed by atoms with Gasteiger partial charge in [0, 0.05) is 28.6 Å². The minimum Gasteiger partial charge on any atom is -0.399 e. The van der Waals surface area contributed by atoms with Gasteiger partial charge in [-0.05, 0) is 36.6 Å². The van der Waals surface area contributed by atoms with E-state index in [1.165, 1.54) is 11.1 Å². The zero-order valence-corrected chi connectivity index (χ0v) is 14.0. The van der Waals surface area contributed by atoms with Crippen LogP contribution in [0.3, 0.4) is 0 Å². The van der Waals surface area contributed by atoms with Crippen molar-refractivity contribution in [3.8, 4) is 11.3 Å². The molecule has 1 heterocycles. The van der Waals surface area contributed by atoms with Crippen LogP contribution in [0.15, 0.2) is 41.8 Å². The molecule has 0 saturated heterocycles. The van der Waals surface area contributed by atoms with E-state index in [9.17, 15) is 4.79 Å². The number of carbonyl (C=O) groups excluding carboxylic acids is 1. The highest BCUT2D eigenvalue weighted by molar-refractivity contribution is 7.10. The summed E-state index contributed by atoms with van der Waals surface area (Å²) in [6.07, 6.45) is 1.66. The topological polar surface area (TPSA) is 56.0 Å². The highest BCUT2D eigenvalue weighted by Crippen LogP contribution is 2.26. The Morgan fingerprint density at radius 2 is 1.87 bits per heavy atom. The molecule has 0 spiro atoms. The molecule has 3 rings (SSSR count). The van der Waals surface area contributed by atoms with Crippen molar-refractivity contribution in [1.29, 1.82) is 0 Å². The molecule has 0 aliphatic carbocycles. The molecule has 0 radical (unpaired) electrons. The number of hydrogen-bond donors (Lipinski definition) is 1. The highest BCUT2D eigenvalue weighted by atomic mass is 32.1. The Kier molecular flexibility index (Phi) is 4.26. The Bertz CT molecular complexity index is 850. The molecule has 3 aromatic rings. The standard InChI is InChI=1S/C19H18N2OS/c1-12-8-17(20)13(2)7-16(12)9-19-21-18(11-23-19)15-5-3-14(10-22)4-6-15/h3-8,10-11H,9,20H2,1-2H3. The summed E-state index contributed by atoms with van der Waals surface area (Å²) < 4.78 is 0. The molecule has 0 bridgehead atoms. The number of nitrogens with zero attached hydrogens (tertiary/aromatic N) is 1. The molecule has 0 aliphatic heterocycles. The summed E-state index contributed by atoms with van der Waals surface area (Å²) >= 11 is 1.66. The van der Waals surface area contributed by atoms with Crippen molar-refractivity contribution >= 4 is 23.3 Å². The largest absolute Gasteiger partial charge is 0.399 e. The van der Waals surface area contributed by atoms with Crippen LogP contribution in [0.5, 0.6) is 0 Å². The van der Waals surface area contributed by atoms with Crippen LogP contribution in [-0.4, -0.2) is 11.3 Å². The van der Waals surface area contributed by atoms with E-state index in [1.54, 1.807) is 11.3 Å². The summed E-state index contributed by atoms with van der Waals surface area (Å²) in [7, 11) is 0. The lowest BCUT2D eigenvalue weighted by atomic mass is 10.0. The summed E-state index contributed by atoms with van der Waals surface area (Å²) in [5.41, 5.74) is 13.0. The van der Waals surface area contributed by atoms with Gasteiger partial charge in [-0.25, -0.2) is 4.98 Å². The van der Waals surface area contributed by atoms with E-state index in [0.29, 0.717) is 5.56 Å². The molecule has 4 heteroatoms. The van der Waals surface area contributed by atoms with E-state index in [0.717, 1.165) is 40.2 Å². The minimum atomic E-state index is 0.678. The van der Waals surface area contributed by atoms with Crippen molar-refractivity contribution in [2.75, 3.05) is 5.73 Å². The van der Waals surface area contributed by atoms with Crippen LogP contribution in [0.2, 0.25) is 0 Å². The van der Waals surface area contributed by atoms with E-state index in [1.807, 2.05) is 37.3 Å². The molecule has 1 aromatic heterocycles. The summed E-state index contributed by atoms with van der Waals surface area (Å²) in [4.78, 5) is 15.4. The molecule has 116 valence electrons. The molecule has 0 fully saturated rings. The van der Waals surface area contributed by atoms with E-state index >= 15 is 0 Å². The van der Waals surface area contributed by atoms with Gasteiger partial charge in [-0.3, -0.25) is 4.79 Å². The van der Waals surface area contributed by atoms with Crippen LogP contribution in [0.4, 0.5) is 5.69 Å². The fourth-order valence-corrected chi connectivity index (χ4v) is 3.34. The smallest absolute Gasteiger partial charge is 0.150 e. The van der Waals surface area contributed by atoms with Crippen LogP contribution < -0.4 is 5.73 Å². The molecule has 0 amide bonds. The van der Waals surface area contributed by atoms with E-state index in [4.69, 9.17) is 10.7 Å². The van der Waals surface area contributed by atoms with Gasteiger partial charge in [0.1, 0.15) is 6.29 Å². The highest BCUT2D eigenvalue weighted by Gasteiger charge is 2.08. The predicted octanol–water partition coefficient (Wildman–Crippen LogP) is 4.41. The second-order valence-corrected chi connectivity index (χ2v) is 6.62. The molecule has 0 aliphatic rings. The zero-order chi connectivity index (χ0) is 16.4. The van der Waals surface area contributed by atoms with Crippen LogP contribution in [-0.2, 0) is 6.42 Å². The summed E-state index contributed by atoms with van der Waals surface area (Å²) in [6, 6.07) is 11.7. The Labute approximate surface area is 139 Å². The Morgan fingerprint density at radius 1 is 1.13 bits per heavy atom. The molecule has 0 atom stereocenters. The van der Waals surface area contributed by atoms with Crippen molar-refractivity contribution in [3.63, 3.8) is 0 Å². The Morgan fingerprint density at radius 3 is 2.57 bits per heavy atom. The monoisotopic (exact) mass is 322 g/mol. The molecular weight excluding hydrogens is 304 g/mol. The van der Waals surface area contributed by atoms with Crippen LogP contribution >= 0.6 is 11.3 Å². The number of anilines is 1. The molecule has 0 saturated carbocycles. The third-order valence-corrected chi connectivity index (χ3v) is 4.81. The Balaban J connectivity index is 1.84. The minimum absolute atomic E-state index is 0.678. The van der Waals surface area contributed by atoms with E-state index < -0.39 is 0 Å². The molecule has 2 aromatic carbocycles. The van der Waals surface area contributed by atoms with Crippen LogP contribution in [0.1, 0.15) is 32.1 Å². The number of hydrogen-bond acceptors (Lipinski definition) is 4. The lowest BCUT2D eigenvalue weighted by Gasteiger charge is -2.08. The van der Waals surface area contributed by atoms with Gasteiger partial charge in [-0.1, -0.05) is 30.3 Å². The zero-order valence-electron chi connectivity index (χ0n) is 13.2. The predicted molar refractivity (Wildman–Crippen MR) is 96.1 cm³/mol. The maximum atomic E-state index is 10.7. The van der Waals surface area contributed by atoms with Crippen molar-refractivity contribution in [1.82, 2.24) is 4.98 Å². The van der Waals surface area contributed by atoms with E-state index in [2.05, 4.69) is 18.4 Å². The van der Waals surface area contributed by atoms with Gasteiger partial charge in [0.05, 0.1) is 10.7 Å². The van der Waals surface area contributed by atoms with Crippen molar-refractivity contribution < 1.29 is 4.79 Å². The maximum absolute atomic E-state index is 10.7. The lowest BCUT2D eigenvalue weighted by molar-refractivity contribution is 0.112. The number of thiazole rings is 1. The van der Waals surface area contributed by atoms with E-state index in [-0.39, 0.29) is 0 Å². The average molecular weight is 322 g/mol. The maximum Gasteiger partial charge on any atom is 0.150 e.